The van der Waals surface area contributed by atoms with Gasteiger partial charge in [0.25, 0.3) is 5.91 Å². The van der Waals surface area contributed by atoms with Crippen LogP contribution in [0.1, 0.15) is 21.5 Å². The summed E-state index contributed by atoms with van der Waals surface area (Å²) in [5.74, 6) is 0.749. The molecule has 0 aliphatic heterocycles. The summed E-state index contributed by atoms with van der Waals surface area (Å²) in [6.45, 7) is 3.93. The second-order valence-corrected chi connectivity index (χ2v) is 4.76. The van der Waals surface area contributed by atoms with E-state index in [0.29, 0.717) is 17.1 Å². The van der Waals surface area contributed by atoms with Crippen LogP contribution in [0.5, 0.6) is 11.5 Å². The number of nitrogens with one attached hydrogen (secondary N) is 1. The molecule has 2 aromatic rings. The smallest absolute Gasteiger partial charge is 0.259 e. The van der Waals surface area contributed by atoms with E-state index in [1.54, 1.807) is 25.3 Å². The molecule has 0 atom stereocenters. The fourth-order valence-corrected chi connectivity index (χ4v) is 2.26. The number of hydrogen-bond acceptors (Lipinski definition) is 3. The lowest BCUT2D eigenvalue weighted by Gasteiger charge is -2.14. The molecule has 0 spiro atoms. The Morgan fingerprint density at radius 1 is 0.952 bits per heavy atom. The molecule has 0 radical (unpaired) electrons. The summed E-state index contributed by atoms with van der Waals surface area (Å²) in [5, 5.41) is 2.95. The molecular weight excluding hydrogens is 266 g/mol. The number of anilines is 1. The van der Waals surface area contributed by atoms with Crippen LogP contribution in [0, 0.1) is 13.8 Å². The molecule has 0 saturated heterocycles. The van der Waals surface area contributed by atoms with Crippen molar-refractivity contribution in [3.05, 3.63) is 53.1 Å². The van der Waals surface area contributed by atoms with Gasteiger partial charge in [0, 0.05) is 5.69 Å². The zero-order valence-corrected chi connectivity index (χ0v) is 12.7. The van der Waals surface area contributed by atoms with Gasteiger partial charge in [-0.1, -0.05) is 24.3 Å². The molecule has 21 heavy (non-hydrogen) atoms. The van der Waals surface area contributed by atoms with Crippen LogP contribution >= 0.6 is 0 Å². The van der Waals surface area contributed by atoms with E-state index in [9.17, 15) is 4.79 Å². The van der Waals surface area contributed by atoms with Gasteiger partial charge in [-0.15, -0.1) is 0 Å². The van der Waals surface area contributed by atoms with Crippen LogP contribution in [-0.2, 0) is 0 Å². The van der Waals surface area contributed by atoms with Crippen molar-refractivity contribution in [2.24, 2.45) is 0 Å². The van der Waals surface area contributed by atoms with Gasteiger partial charge in [0.2, 0.25) is 0 Å². The van der Waals surface area contributed by atoms with Gasteiger partial charge in [0.05, 0.1) is 19.8 Å². The van der Waals surface area contributed by atoms with Crippen LogP contribution in [0.4, 0.5) is 5.69 Å². The van der Waals surface area contributed by atoms with Crippen molar-refractivity contribution < 1.29 is 14.3 Å². The van der Waals surface area contributed by atoms with E-state index < -0.39 is 0 Å². The second-order valence-electron chi connectivity index (χ2n) is 4.76. The molecule has 0 aromatic heterocycles. The Hall–Kier alpha value is -2.49. The van der Waals surface area contributed by atoms with E-state index in [1.807, 2.05) is 32.0 Å². The van der Waals surface area contributed by atoms with E-state index >= 15 is 0 Å². The van der Waals surface area contributed by atoms with Gasteiger partial charge >= 0.3 is 0 Å². The fourth-order valence-electron chi connectivity index (χ4n) is 2.26. The third-order valence-corrected chi connectivity index (χ3v) is 3.37. The van der Waals surface area contributed by atoms with Crippen LogP contribution < -0.4 is 14.8 Å². The molecular formula is C17H19NO3. The maximum Gasteiger partial charge on any atom is 0.259 e. The maximum atomic E-state index is 12.5. The average molecular weight is 285 g/mol. The number of carbonyl (C=O) groups excluding carboxylic acids is 1. The van der Waals surface area contributed by atoms with Gasteiger partial charge in [-0.3, -0.25) is 4.79 Å². The van der Waals surface area contributed by atoms with Crippen molar-refractivity contribution >= 4 is 11.6 Å². The summed E-state index contributed by atoms with van der Waals surface area (Å²) < 4.78 is 10.5. The Kier molecular flexibility index (Phi) is 4.48. The number of amides is 1. The normalized spacial score (nSPS) is 10.1. The Morgan fingerprint density at radius 2 is 1.57 bits per heavy atom. The zero-order chi connectivity index (χ0) is 15.4. The van der Waals surface area contributed by atoms with Crippen molar-refractivity contribution in [2.75, 3.05) is 19.5 Å². The van der Waals surface area contributed by atoms with Gasteiger partial charge in [-0.25, -0.2) is 0 Å². The first kappa shape index (κ1) is 14.9. The summed E-state index contributed by atoms with van der Waals surface area (Å²) in [6.07, 6.45) is 0. The monoisotopic (exact) mass is 285 g/mol. The molecule has 1 N–H and O–H groups in total. The number of ether oxygens (including phenoxy) is 2. The third-order valence-electron chi connectivity index (χ3n) is 3.37. The number of hydrogen-bond donors (Lipinski definition) is 1. The average Bonchev–Trinajstić information content (AvgIpc) is 2.49. The molecule has 0 bridgehead atoms. The number of benzene rings is 2. The highest BCUT2D eigenvalue weighted by atomic mass is 16.5. The van der Waals surface area contributed by atoms with Gasteiger partial charge in [0.1, 0.15) is 0 Å². The lowest BCUT2D eigenvalue weighted by Crippen LogP contribution is -2.15. The molecule has 4 nitrogen and oxygen atoms in total. The molecule has 0 saturated carbocycles. The number of para-hydroxylation sites is 2. The minimum Gasteiger partial charge on any atom is -0.493 e. The first-order valence-electron chi connectivity index (χ1n) is 6.67. The Balaban J connectivity index is 2.37. The molecule has 2 rings (SSSR count). The maximum absolute atomic E-state index is 12.5. The lowest BCUT2D eigenvalue weighted by atomic mass is 10.1. The van der Waals surface area contributed by atoms with Crippen LogP contribution in [0.3, 0.4) is 0 Å². The Morgan fingerprint density at radius 3 is 2.14 bits per heavy atom. The van der Waals surface area contributed by atoms with Gasteiger partial charge in [0.15, 0.2) is 11.5 Å². The molecule has 0 fully saturated rings. The highest BCUT2D eigenvalue weighted by Gasteiger charge is 2.17. The molecule has 0 heterocycles. The van der Waals surface area contributed by atoms with Crippen molar-refractivity contribution in [1.29, 1.82) is 0 Å². The molecule has 0 aliphatic carbocycles. The largest absolute Gasteiger partial charge is 0.493 e. The minimum absolute atomic E-state index is 0.219. The first-order valence-corrected chi connectivity index (χ1v) is 6.67. The predicted molar refractivity (Wildman–Crippen MR) is 83.4 cm³/mol. The van der Waals surface area contributed by atoms with Crippen LogP contribution in [0.15, 0.2) is 36.4 Å². The van der Waals surface area contributed by atoms with Crippen LogP contribution in [-0.4, -0.2) is 20.1 Å². The summed E-state index contributed by atoms with van der Waals surface area (Å²) in [5.41, 5.74) is 3.31. The molecule has 0 aliphatic rings. The Labute approximate surface area is 124 Å². The summed E-state index contributed by atoms with van der Waals surface area (Å²) >= 11 is 0. The van der Waals surface area contributed by atoms with Gasteiger partial charge in [-0.2, -0.15) is 0 Å². The van der Waals surface area contributed by atoms with Gasteiger partial charge in [-0.05, 0) is 37.1 Å². The van der Waals surface area contributed by atoms with E-state index in [2.05, 4.69) is 5.32 Å². The quantitative estimate of drug-likeness (QED) is 0.934. The van der Waals surface area contributed by atoms with E-state index in [0.717, 1.165) is 16.8 Å². The number of aryl methyl sites for hydroxylation is 2. The minimum atomic E-state index is -0.219. The number of methoxy groups -OCH3 is 2. The molecule has 110 valence electrons. The molecule has 0 unspecified atom stereocenters. The SMILES string of the molecule is COc1cccc(C(=O)Nc2c(C)cccc2C)c1OC. The van der Waals surface area contributed by atoms with Crippen LogP contribution in [0.2, 0.25) is 0 Å². The fraction of sp³-hybridized carbons (Fsp3) is 0.235. The summed E-state index contributed by atoms with van der Waals surface area (Å²) in [6, 6.07) is 11.1. The molecule has 4 heteroatoms. The van der Waals surface area contributed by atoms with Gasteiger partial charge < -0.3 is 14.8 Å². The lowest BCUT2D eigenvalue weighted by molar-refractivity contribution is 0.102. The topological polar surface area (TPSA) is 47.6 Å². The first-order chi connectivity index (χ1) is 10.1. The van der Waals surface area contributed by atoms with E-state index in [-0.39, 0.29) is 5.91 Å². The van der Waals surface area contributed by atoms with E-state index in [4.69, 9.17) is 9.47 Å². The number of carbonyl (C=O) groups is 1. The number of rotatable bonds is 4. The van der Waals surface area contributed by atoms with Crippen molar-refractivity contribution in [2.45, 2.75) is 13.8 Å². The van der Waals surface area contributed by atoms with Crippen molar-refractivity contribution in [3.8, 4) is 11.5 Å². The standard InChI is InChI=1S/C17H19NO3/c1-11-7-5-8-12(2)15(11)18-17(19)13-9-6-10-14(20-3)16(13)21-4/h5-10H,1-4H3,(H,18,19). The molecule has 1 amide bonds. The predicted octanol–water partition coefficient (Wildman–Crippen LogP) is 3.57. The third kappa shape index (κ3) is 2.99. The summed E-state index contributed by atoms with van der Waals surface area (Å²) in [7, 11) is 3.07. The summed E-state index contributed by atoms with van der Waals surface area (Å²) in [4.78, 5) is 12.5. The second kappa shape index (κ2) is 6.31. The zero-order valence-electron chi connectivity index (χ0n) is 12.7. The Bertz CT molecular complexity index is 645. The molecule has 2 aromatic carbocycles. The van der Waals surface area contributed by atoms with E-state index in [1.165, 1.54) is 7.11 Å². The highest BCUT2D eigenvalue weighted by Crippen LogP contribution is 2.31. The van der Waals surface area contributed by atoms with Crippen molar-refractivity contribution in [3.63, 3.8) is 0 Å². The van der Waals surface area contributed by atoms with Crippen molar-refractivity contribution in [1.82, 2.24) is 0 Å². The highest BCUT2D eigenvalue weighted by molar-refractivity contribution is 6.07. The van der Waals surface area contributed by atoms with Crippen LogP contribution in [0.25, 0.3) is 0 Å².